The highest BCUT2D eigenvalue weighted by Crippen LogP contribution is 2.28. The van der Waals surface area contributed by atoms with Gasteiger partial charge >= 0.3 is 0 Å². The van der Waals surface area contributed by atoms with Crippen LogP contribution in [0.4, 0.5) is 0 Å². The quantitative estimate of drug-likeness (QED) is 0.740. The fraction of sp³-hybridized carbons (Fsp3) is 1.00. The third kappa shape index (κ3) is 5.70. The standard InChI is InChI=1S/C14H29NO2S/c1-4-15-14(13-7-5-6-8-13)11-18(16,17)10-9-12(2)3/h12-15H,4-11H2,1-3H3. The molecule has 108 valence electrons. The Morgan fingerprint density at radius 3 is 2.33 bits per heavy atom. The molecule has 1 atom stereocenters. The van der Waals surface area contributed by atoms with Crippen molar-refractivity contribution in [1.82, 2.24) is 5.32 Å². The van der Waals surface area contributed by atoms with Crippen molar-refractivity contribution >= 4 is 9.84 Å². The summed E-state index contributed by atoms with van der Waals surface area (Å²) in [5, 5.41) is 3.39. The second-order valence-corrected chi connectivity index (χ2v) is 8.23. The van der Waals surface area contributed by atoms with Crippen LogP contribution < -0.4 is 5.32 Å². The Kier molecular flexibility index (Phi) is 6.64. The summed E-state index contributed by atoms with van der Waals surface area (Å²) < 4.78 is 24.3. The van der Waals surface area contributed by atoms with Crippen LogP contribution in [0.5, 0.6) is 0 Å². The lowest BCUT2D eigenvalue weighted by molar-refractivity contribution is 0.388. The van der Waals surface area contributed by atoms with Crippen molar-refractivity contribution in [2.24, 2.45) is 11.8 Å². The lowest BCUT2D eigenvalue weighted by Crippen LogP contribution is -2.41. The van der Waals surface area contributed by atoms with E-state index in [-0.39, 0.29) is 6.04 Å². The first-order valence-corrected chi connectivity index (χ1v) is 9.20. The highest BCUT2D eigenvalue weighted by atomic mass is 32.2. The molecule has 3 nitrogen and oxygen atoms in total. The van der Waals surface area contributed by atoms with Crippen LogP contribution in [0, 0.1) is 11.8 Å². The molecule has 0 amide bonds. The Labute approximate surface area is 113 Å². The average molecular weight is 275 g/mol. The summed E-state index contributed by atoms with van der Waals surface area (Å²) in [6, 6.07) is 0.176. The molecule has 0 aromatic rings. The third-order valence-electron chi connectivity index (χ3n) is 3.87. The molecule has 0 radical (unpaired) electrons. The number of rotatable bonds is 8. The first-order chi connectivity index (χ1) is 8.44. The van der Waals surface area contributed by atoms with E-state index in [1.54, 1.807) is 0 Å². The van der Waals surface area contributed by atoms with Crippen LogP contribution in [0.2, 0.25) is 0 Å². The van der Waals surface area contributed by atoms with Crippen LogP contribution in [0.1, 0.15) is 52.9 Å². The summed E-state index contributed by atoms with van der Waals surface area (Å²) in [5.74, 6) is 1.71. The zero-order chi connectivity index (χ0) is 13.6. The van der Waals surface area contributed by atoms with E-state index < -0.39 is 9.84 Å². The second-order valence-electron chi connectivity index (χ2n) is 6.01. The molecule has 1 aliphatic carbocycles. The lowest BCUT2D eigenvalue weighted by Gasteiger charge is -2.24. The Hall–Kier alpha value is -0.0900. The lowest BCUT2D eigenvalue weighted by atomic mass is 10.00. The highest BCUT2D eigenvalue weighted by Gasteiger charge is 2.28. The fourth-order valence-corrected chi connectivity index (χ4v) is 4.69. The zero-order valence-corrected chi connectivity index (χ0v) is 12.9. The van der Waals surface area contributed by atoms with Gasteiger partial charge in [-0.25, -0.2) is 8.42 Å². The van der Waals surface area contributed by atoms with Crippen molar-refractivity contribution in [1.29, 1.82) is 0 Å². The van der Waals surface area contributed by atoms with Gasteiger partial charge in [0.1, 0.15) is 0 Å². The average Bonchev–Trinajstić information content (AvgIpc) is 2.79. The van der Waals surface area contributed by atoms with Crippen molar-refractivity contribution in [3.63, 3.8) is 0 Å². The van der Waals surface area contributed by atoms with Crippen molar-refractivity contribution in [2.75, 3.05) is 18.1 Å². The molecule has 0 saturated heterocycles. The molecular formula is C14H29NO2S. The maximum atomic E-state index is 12.1. The molecule has 4 heteroatoms. The SMILES string of the molecule is CCNC(CS(=O)(=O)CCC(C)C)C1CCCC1. The van der Waals surface area contributed by atoms with Crippen LogP contribution in [0.25, 0.3) is 0 Å². The van der Waals surface area contributed by atoms with E-state index >= 15 is 0 Å². The van der Waals surface area contributed by atoms with Gasteiger partial charge in [0.15, 0.2) is 9.84 Å². The van der Waals surface area contributed by atoms with Crippen LogP contribution in [0.3, 0.4) is 0 Å². The molecule has 1 rings (SSSR count). The summed E-state index contributed by atoms with van der Waals surface area (Å²) in [6.45, 7) is 7.08. The predicted octanol–water partition coefficient (Wildman–Crippen LogP) is 2.62. The maximum absolute atomic E-state index is 12.1. The molecule has 1 fully saturated rings. The Morgan fingerprint density at radius 2 is 1.83 bits per heavy atom. The summed E-state index contributed by atoms with van der Waals surface area (Å²) in [6.07, 6.45) is 5.69. The molecule has 0 aromatic carbocycles. The van der Waals surface area contributed by atoms with Crippen LogP contribution in [0.15, 0.2) is 0 Å². The van der Waals surface area contributed by atoms with Gasteiger partial charge in [-0.1, -0.05) is 33.6 Å². The molecular weight excluding hydrogens is 246 g/mol. The minimum atomic E-state index is -2.90. The van der Waals surface area contributed by atoms with Crippen molar-refractivity contribution < 1.29 is 8.42 Å². The van der Waals surface area contributed by atoms with Crippen molar-refractivity contribution in [3.8, 4) is 0 Å². The second kappa shape index (κ2) is 7.49. The normalized spacial score (nSPS) is 19.6. The Morgan fingerprint density at radius 1 is 1.22 bits per heavy atom. The van der Waals surface area contributed by atoms with Gasteiger partial charge in [0.05, 0.1) is 11.5 Å². The van der Waals surface area contributed by atoms with Crippen molar-refractivity contribution in [2.45, 2.75) is 58.9 Å². The highest BCUT2D eigenvalue weighted by molar-refractivity contribution is 7.91. The fourth-order valence-electron chi connectivity index (χ4n) is 2.76. The molecule has 1 unspecified atom stereocenters. The number of hydrogen-bond acceptors (Lipinski definition) is 3. The number of nitrogens with one attached hydrogen (secondary N) is 1. The van der Waals surface area contributed by atoms with Gasteiger partial charge < -0.3 is 5.32 Å². The Balaban J connectivity index is 2.53. The van der Waals surface area contributed by atoms with Crippen molar-refractivity contribution in [3.05, 3.63) is 0 Å². The maximum Gasteiger partial charge on any atom is 0.151 e. The number of sulfone groups is 1. The van der Waals surface area contributed by atoms with Gasteiger partial charge in [-0.3, -0.25) is 0 Å². The van der Waals surface area contributed by atoms with E-state index in [9.17, 15) is 8.42 Å². The smallest absolute Gasteiger partial charge is 0.151 e. The summed E-state index contributed by atoms with van der Waals surface area (Å²) in [5.41, 5.74) is 0. The first-order valence-electron chi connectivity index (χ1n) is 7.38. The van der Waals surface area contributed by atoms with Gasteiger partial charge in [0, 0.05) is 6.04 Å². The molecule has 0 spiro atoms. The topological polar surface area (TPSA) is 46.2 Å². The van der Waals surface area contributed by atoms with Gasteiger partial charge in [0.25, 0.3) is 0 Å². The van der Waals surface area contributed by atoms with E-state index in [1.165, 1.54) is 25.7 Å². The van der Waals surface area contributed by atoms with Gasteiger partial charge in [-0.15, -0.1) is 0 Å². The molecule has 0 bridgehead atoms. The van der Waals surface area contributed by atoms with E-state index in [2.05, 4.69) is 26.1 Å². The van der Waals surface area contributed by atoms with E-state index in [1.807, 2.05) is 0 Å². The van der Waals surface area contributed by atoms with E-state index in [0.717, 1.165) is 13.0 Å². The summed E-state index contributed by atoms with van der Waals surface area (Å²) in [4.78, 5) is 0. The molecule has 1 saturated carbocycles. The number of hydrogen-bond donors (Lipinski definition) is 1. The van der Waals surface area contributed by atoms with Gasteiger partial charge in [-0.05, 0) is 37.6 Å². The predicted molar refractivity (Wildman–Crippen MR) is 77.5 cm³/mol. The molecule has 18 heavy (non-hydrogen) atoms. The molecule has 0 heterocycles. The monoisotopic (exact) mass is 275 g/mol. The molecule has 0 aliphatic heterocycles. The van der Waals surface area contributed by atoms with E-state index in [4.69, 9.17) is 0 Å². The van der Waals surface area contributed by atoms with Gasteiger partial charge in [0.2, 0.25) is 0 Å². The Bertz CT molecular complexity index is 319. The summed E-state index contributed by atoms with van der Waals surface area (Å²) in [7, 11) is -2.90. The molecule has 1 aliphatic rings. The minimum absolute atomic E-state index is 0.176. The van der Waals surface area contributed by atoms with Gasteiger partial charge in [-0.2, -0.15) is 0 Å². The third-order valence-corrected chi connectivity index (χ3v) is 5.60. The molecule has 1 N–H and O–H groups in total. The first kappa shape index (κ1) is 16.0. The van der Waals surface area contributed by atoms with Crippen LogP contribution in [-0.2, 0) is 9.84 Å². The van der Waals surface area contributed by atoms with E-state index in [0.29, 0.717) is 23.3 Å². The van der Waals surface area contributed by atoms with Crippen LogP contribution in [-0.4, -0.2) is 32.5 Å². The largest absolute Gasteiger partial charge is 0.313 e. The summed E-state index contributed by atoms with van der Waals surface area (Å²) >= 11 is 0. The minimum Gasteiger partial charge on any atom is -0.313 e. The van der Waals surface area contributed by atoms with Crippen LogP contribution >= 0.6 is 0 Å². The molecule has 0 aromatic heterocycles. The zero-order valence-electron chi connectivity index (χ0n) is 12.1.